The van der Waals surface area contributed by atoms with Crippen molar-refractivity contribution in [2.24, 2.45) is 5.73 Å². The molecule has 0 atom stereocenters. The van der Waals surface area contributed by atoms with Crippen molar-refractivity contribution in [2.75, 3.05) is 13.7 Å². The molecular weight excluding hydrogens is 248 g/mol. The van der Waals surface area contributed by atoms with Crippen LogP contribution in [0.3, 0.4) is 0 Å². The smallest absolute Gasteiger partial charge is 0.348 e. The molecule has 1 amide bonds. The van der Waals surface area contributed by atoms with Crippen molar-refractivity contribution in [1.29, 1.82) is 5.26 Å². The van der Waals surface area contributed by atoms with E-state index in [9.17, 15) is 9.59 Å². The molecule has 2 N–H and O–H groups in total. The topological polar surface area (TPSA) is 102 Å². The average Bonchev–Trinajstić information content (AvgIpc) is 2.42. The Balaban J connectivity index is 2.81. The second-order valence-corrected chi connectivity index (χ2v) is 3.49. The van der Waals surface area contributed by atoms with E-state index in [1.54, 1.807) is 30.3 Å². The molecule has 1 aromatic rings. The number of ether oxygens (including phenoxy) is 2. The Hall–Kier alpha value is -2.81. The monoisotopic (exact) mass is 260 g/mol. The molecule has 0 saturated carbocycles. The molecule has 98 valence electrons. The van der Waals surface area contributed by atoms with Gasteiger partial charge in [0.15, 0.2) is 6.61 Å². The fraction of sp³-hybridized carbons (Fsp3) is 0.154. The van der Waals surface area contributed by atoms with Gasteiger partial charge in [-0.2, -0.15) is 5.26 Å². The Morgan fingerprint density at radius 2 is 2.00 bits per heavy atom. The number of hydrogen-bond acceptors (Lipinski definition) is 5. The number of nitriles is 1. The minimum atomic E-state index is -0.698. The minimum Gasteiger partial charge on any atom is -0.484 e. The summed E-state index contributed by atoms with van der Waals surface area (Å²) in [5, 5.41) is 8.79. The average molecular weight is 260 g/mol. The number of methoxy groups -OCH3 is 1. The van der Waals surface area contributed by atoms with Crippen LogP contribution in [0.2, 0.25) is 0 Å². The molecular formula is C13H12N2O4. The number of nitrogens with zero attached hydrogens (tertiary/aromatic N) is 1. The second-order valence-electron chi connectivity index (χ2n) is 3.49. The lowest BCUT2D eigenvalue weighted by Crippen LogP contribution is -2.19. The molecule has 0 spiro atoms. The second kappa shape index (κ2) is 6.81. The van der Waals surface area contributed by atoms with E-state index < -0.39 is 11.9 Å². The maximum Gasteiger partial charge on any atom is 0.348 e. The van der Waals surface area contributed by atoms with Crippen molar-refractivity contribution in [3.8, 4) is 11.8 Å². The molecule has 0 aliphatic rings. The quantitative estimate of drug-likeness (QED) is 0.475. The number of benzene rings is 1. The summed E-state index contributed by atoms with van der Waals surface area (Å²) in [5.41, 5.74) is 5.47. The summed E-state index contributed by atoms with van der Waals surface area (Å²) in [6, 6.07) is 8.22. The van der Waals surface area contributed by atoms with E-state index in [0.29, 0.717) is 11.3 Å². The normalized spacial score (nSPS) is 10.4. The van der Waals surface area contributed by atoms with Gasteiger partial charge in [-0.1, -0.05) is 12.1 Å². The molecule has 6 nitrogen and oxygen atoms in total. The number of nitrogens with two attached hydrogens (primary N) is 1. The maximum absolute atomic E-state index is 11.2. The third kappa shape index (κ3) is 4.52. The van der Waals surface area contributed by atoms with Gasteiger partial charge in [-0.15, -0.1) is 0 Å². The van der Waals surface area contributed by atoms with Gasteiger partial charge in [0.25, 0.3) is 5.91 Å². The number of primary amides is 1. The Kier molecular flexibility index (Phi) is 5.11. The van der Waals surface area contributed by atoms with Gasteiger partial charge in [0.1, 0.15) is 17.4 Å². The highest BCUT2D eigenvalue weighted by Gasteiger charge is 2.08. The number of amides is 1. The van der Waals surface area contributed by atoms with Crippen molar-refractivity contribution in [3.63, 3.8) is 0 Å². The van der Waals surface area contributed by atoms with Crippen LogP contribution in [-0.4, -0.2) is 25.6 Å². The van der Waals surface area contributed by atoms with Crippen LogP contribution < -0.4 is 10.5 Å². The van der Waals surface area contributed by atoms with Crippen LogP contribution in [0.4, 0.5) is 0 Å². The fourth-order valence-corrected chi connectivity index (χ4v) is 1.23. The summed E-state index contributed by atoms with van der Waals surface area (Å²) in [5.74, 6) is -0.800. The molecule has 6 heteroatoms. The van der Waals surface area contributed by atoms with Crippen LogP contribution in [-0.2, 0) is 14.3 Å². The molecule has 0 unspecified atom stereocenters. The Bertz CT molecular complexity index is 541. The lowest BCUT2D eigenvalue weighted by Gasteiger charge is -2.03. The Morgan fingerprint density at radius 3 is 2.47 bits per heavy atom. The van der Waals surface area contributed by atoms with Crippen molar-refractivity contribution in [3.05, 3.63) is 35.4 Å². The molecule has 0 bridgehead atoms. The summed E-state index contributed by atoms with van der Waals surface area (Å²) in [6.45, 7) is -0.208. The molecule has 0 heterocycles. The predicted molar refractivity (Wildman–Crippen MR) is 66.7 cm³/mol. The van der Waals surface area contributed by atoms with Crippen LogP contribution >= 0.6 is 0 Å². The molecule has 0 saturated heterocycles. The van der Waals surface area contributed by atoms with Crippen LogP contribution in [0.1, 0.15) is 5.56 Å². The molecule has 0 radical (unpaired) electrons. The first-order valence-corrected chi connectivity index (χ1v) is 5.28. The first-order valence-electron chi connectivity index (χ1n) is 5.28. The van der Waals surface area contributed by atoms with Crippen LogP contribution in [0.15, 0.2) is 29.8 Å². The van der Waals surface area contributed by atoms with E-state index in [0.717, 1.165) is 0 Å². The van der Waals surface area contributed by atoms with Crippen molar-refractivity contribution < 1.29 is 19.1 Å². The van der Waals surface area contributed by atoms with Crippen molar-refractivity contribution in [2.45, 2.75) is 0 Å². The summed E-state index contributed by atoms with van der Waals surface area (Å²) >= 11 is 0. The van der Waals surface area contributed by atoms with Gasteiger partial charge < -0.3 is 15.2 Å². The van der Waals surface area contributed by atoms with Crippen molar-refractivity contribution in [1.82, 2.24) is 0 Å². The number of hydrogen-bond donors (Lipinski definition) is 1. The summed E-state index contributed by atoms with van der Waals surface area (Å²) in [4.78, 5) is 21.7. The van der Waals surface area contributed by atoms with E-state index in [2.05, 4.69) is 4.74 Å². The predicted octanol–water partition coefficient (Wildman–Crippen LogP) is 0.631. The molecule has 0 aliphatic carbocycles. The summed E-state index contributed by atoms with van der Waals surface area (Å²) in [7, 11) is 1.20. The highest BCUT2D eigenvalue weighted by atomic mass is 16.5. The first-order chi connectivity index (χ1) is 9.06. The van der Waals surface area contributed by atoms with E-state index in [1.807, 2.05) is 0 Å². The first kappa shape index (κ1) is 14.3. The highest BCUT2D eigenvalue weighted by Crippen LogP contribution is 2.14. The van der Waals surface area contributed by atoms with E-state index in [4.69, 9.17) is 15.7 Å². The van der Waals surface area contributed by atoms with Gasteiger partial charge in [-0.3, -0.25) is 4.79 Å². The van der Waals surface area contributed by atoms with E-state index in [1.165, 1.54) is 13.2 Å². The van der Waals surface area contributed by atoms with Crippen molar-refractivity contribution >= 4 is 18.0 Å². The summed E-state index contributed by atoms with van der Waals surface area (Å²) < 4.78 is 9.53. The molecule has 1 rings (SSSR count). The van der Waals surface area contributed by atoms with Gasteiger partial charge in [0, 0.05) is 0 Å². The molecule has 19 heavy (non-hydrogen) atoms. The molecule has 1 aromatic carbocycles. The third-order valence-corrected chi connectivity index (χ3v) is 2.10. The lowest BCUT2D eigenvalue weighted by atomic mass is 10.1. The van der Waals surface area contributed by atoms with Gasteiger partial charge in [0.05, 0.1) is 7.11 Å². The molecule has 0 aromatic heterocycles. The zero-order valence-corrected chi connectivity index (χ0v) is 10.3. The van der Waals surface area contributed by atoms with Gasteiger partial charge in [0.2, 0.25) is 0 Å². The fourth-order valence-electron chi connectivity index (χ4n) is 1.23. The largest absolute Gasteiger partial charge is 0.484 e. The standard InChI is InChI=1S/C13H12N2O4/c1-18-13(17)10(7-14)6-9-2-4-11(5-3-9)19-8-12(15)16/h2-6H,8H2,1H3,(H2,15,16). The number of esters is 1. The van der Waals surface area contributed by atoms with Gasteiger partial charge in [-0.05, 0) is 23.8 Å². The zero-order chi connectivity index (χ0) is 14.3. The third-order valence-electron chi connectivity index (χ3n) is 2.10. The summed E-state index contributed by atoms with van der Waals surface area (Å²) in [6.07, 6.45) is 1.39. The van der Waals surface area contributed by atoms with Gasteiger partial charge >= 0.3 is 5.97 Å². The van der Waals surface area contributed by atoms with Crippen LogP contribution in [0.25, 0.3) is 6.08 Å². The van der Waals surface area contributed by atoms with E-state index >= 15 is 0 Å². The Morgan fingerprint density at radius 1 is 1.37 bits per heavy atom. The lowest BCUT2D eigenvalue weighted by molar-refractivity contribution is -0.135. The van der Waals surface area contributed by atoms with Crippen LogP contribution in [0.5, 0.6) is 5.75 Å². The molecule has 0 aliphatic heterocycles. The Labute approximate surface area is 110 Å². The zero-order valence-electron chi connectivity index (χ0n) is 10.3. The SMILES string of the molecule is COC(=O)C(C#N)=Cc1ccc(OCC(N)=O)cc1. The number of rotatable bonds is 5. The maximum atomic E-state index is 11.2. The molecule has 0 fully saturated rings. The van der Waals surface area contributed by atoms with E-state index in [-0.39, 0.29) is 12.2 Å². The minimum absolute atomic E-state index is 0.103. The highest BCUT2D eigenvalue weighted by molar-refractivity contribution is 5.97. The van der Waals surface area contributed by atoms with Gasteiger partial charge in [-0.25, -0.2) is 4.79 Å². The number of carbonyl (C=O) groups excluding carboxylic acids is 2. The number of carbonyl (C=O) groups is 2. The van der Waals surface area contributed by atoms with Crippen LogP contribution in [0, 0.1) is 11.3 Å².